The molecule has 1 aliphatic heterocycles. The standard InChI is InChI=1S/C20H24ClN3O3/c1-12-16(17(23-27-12)20(2,3)4)19(26)24-11-5-6-15(24)18(25)22-14-9-7-13(21)8-10-14/h7-10,15H,5-6,11H2,1-4H3,(H,22,25). The molecule has 1 saturated heterocycles. The van der Waals surface area contributed by atoms with Crippen LogP contribution >= 0.6 is 11.6 Å². The summed E-state index contributed by atoms with van der Waals surface area (Å²) in [6, 6.07) is 6.39. The SMILES string of the molecule is Cc1onc(C(C)(C)C)c1C(=O)N1CCCC1C(=O)Nc1ccc(Cl)cc1. The van der Waals surface area contributed by atoms with Crippen molar-refractivity contribution in [1.29, 1.82) is 0 Å². The highest BCUT2D eigenvalue weighted by Gasteiger charge is 2.38. The second kappa shape index (κ2) is 7.35. The van der Waals surface area contributed by atoms with E-state index in [-0.39, 0.29) is 17.2 Å². The predicted molar refractivity (Wildman–Crippen MR) is 104 cm³/mol. The van der Waals surface area contributed by atoms with Crippen LogP contribution in [0, 0.1) is 6.92 Å². The maximum absolute atomic E-state index is 13.2. The lowest BCUT2D eigenvalue weighted by Gasteiger charge is -2.25. The highest BCUT2D eigenvalue weighted by Crippen LogP contribution is 2.30. The molecule has 144 valence electrons. The molecule has 3 rings (SSSR count). The first-order valence-electron chi connectivity index (χ1n) is 9.02. The zero-order valence-electron chi connectivity index (χ0n) is 16.0. The van der Waals surface area contributed by atoms with Crippen LogP contribution in [0.2, 0.25) is 5.02 Å². The van der Waals surface area contributed by atoms with Gasteiger partial charge in [-0.25, -0.2) is 0 Å². The average molecular weight is 390 g/mol. The van der Waals surface area contributed by atoms with Crippen LogP contribution in [-0.4, -0.2) is 34.5 Å². The van der Waals surface area contributed by atoms with Gasteiger partial charge in [0.15, 0.2) is 0 Å². The molecule has 1 unspecified atom stereocenters. The van der Waals surface area contributed by atoms with Crippen molar-refractivity contribution in [1.82, 2.24) is 10.1 Å². The summed E-state index contributed by atoms with van der Waals surface area (Å²) in [4.78, 5) is 27.6. The van der Waals surface area contributed by atoms with E-state index in [1.807, 2.05) is 20.8 Å². The second-order valence-corrected chi connectivity index (χ2v) is 8.30. The van der Waals surface area contributed by atoms with Gasteiger partial charge in [0, 0.05) is 22.7 Å². The van der Waals surface area contributed by atoms with Crippen molar-refractivity contribution in [3.8, 4) is 0 Å². The van der Waals surface area contributed by atoms with Crippen molar-refractivity contribution in [3.05, 3.63) is 46.3 Å². The maximum Gasteiger partial charge on any atom is 0.260 e. The Morgan fingerprint density at radius 3 is 2.56 bits per heavy atom. The number of benzene rings is 1. The van der Waals surface area contributed by atoms with Crippen LogP contribution < -0.4 is 5.32 Å². The van der Waals surface area contributed by atoms with Gasteiger partial charge in [0.1, 0.15) is 23.1 Å². The summed E-state index contributed by atoms with van der Waals surface area (Å²) < 4.78 is 5.29. The van der Waals surface area contributed by atoms with E-state index in [2.05, 4.69) is 10.5 Å². The third-order valence-electron chi connectivity index (χ3n) is 4.72. The van der Waals surface area contributed by atoms with Gasteiger partial charge < -0.3 is 14.7 Å². The summed E-state index contributed by atoms with van der Waals surface area (Å²) in [7, 11) is 0. The number of rotatable bonds is 3. The van der Waals surface area contributed by atoms with E-state index in [1.54, 1.807) is 36.1 Å². The number of halogens is 1. The Morgan fingerprint density at radius 1 is 1.26 bits per heavy atom. The molecule has 0 aliphatic carbocycles. The molecule has 2 aromatic rings. The lowest BCUT2D eigenvalue weighted by atomic mass is 9.88. The molecule has 0 spiro atoms. The number of carbonyl (C=O) groups is 2. The van der Waals surface area contributed by atoms with E-state index in [4.69, 9.17) is 16.1 Å². The first kappa shape index (κ1) is 19.4. The fourth-order valence-corrected chi connectivity index (χ4v) is 3.45. The number of amides is 2. The molecule has 7 heteroatoms. The summed E-state index contributed by atoms with van der Waals surface area (Å²) in [5, 5.41) is 7.56. The normalized spacial score (nSPS) is 17.2. The molecule has 27 heavy (non-hydrogen) atoms. The number of aromatic nitrogens is 1. The molecular weight excluding hydrogens is 366 g/mol. The van der Waals surface area contributed by atoms with Gasteiger partial charge >= 0.3 is 0 Å². The Kier molecular flexibility index (Phi) is 5.29. The molecule has 1 N–H and O–H groups in total. The number of aryl methyl sites for hydroxylation is 1. The number of carbonyl (C=O) groups excluding carboxylic acids is 2. The number of anilines is 1. The Morgan fingerprint density at radius 2 is 1.93 bits per heavy atom. The quantitative estimate of drug-likeness (QED) is 0.854. The number of nitrogens with zero attached hydrogens (tertiary/aromatic N) is 2. The van der Waals surface area contributed by atoms with Crippen molar-refractivity contribution in [2.24, 2.45) is 0 Å². The molecule has 0 radical (unpaired) electrons. The molecule has 2 heterocycles. The van der Waals surface area contributed by atoms with E-state index in [1.165, 1.54) is 0 Å². The van der Waals surface area contributed by atoms with Crippen molar-refractivity contribution < 1.29 is 14.1 Å². The topological polar surface area (TPSA) is 75.4 Å². The number of nitrogens with one attached hydrogen (secondary N) is 1. The van der Waals surface area contributed by atoms with E-state index in [0.717, 1.165) is 6.42 Å². The summed E-state index contributed by atoms with van der Waals surface area (Å²) >= 11 is 5.88. The maximum atomic E-state index is 13.2. The number of hydrogen-bond donors (Lipinski definition) is 1. The molecule has 1 aromatic carbocycles. The Bertz CT molecular complexity index is 852. The molecule has 6 nitrogen and oxygen atoms in total. The van der Waals surface area contributed by atoms with Crippen molar-refractivity contribution in [2.45, 2.75) is 52.0 Å². The highest BCUT2D eigenvalue weighted by molar-refractivity contribution is 6.30. The fraction of sp³-hybridized carbons (Fsp3) is 0.450. The van der Waals surface area contributed by atoms with Crippen molar-refractivity contribution in [3.63, 3.8) is 0 Å². The van der Waals surface area contributed by atoms with Crippen LogP contribution in [-0.2, 0) is 10.2 Å². The van der Waals surface area contributed by atoms with Crippen LogP contribution in [0.15, 0.2) is 28.8 Å². The third-order valence-corrected chi connectivity index (χ3v) is 4.97. The van der Waals surface area contributed by atoms with Crippen LogP contribution in [0.5, 0.6) is 0 Å². The van der Waals surface area contributed by atoms with Gasteiger partial charge in [0.25, 0.3) is 5.91 Å². The van der Waals surface area contributed by atoms with Gasteiger partial charge in [0.2, 0.25) is 5.91 Å². The van der Waals surface area contributed by atoms with Crippen LogP contribution in [0.25, 0.3) is 0 Å². The van der Waals surface area contributed by atoms with Crippen molar-refractivity contribution in [2.75, 3.05) is 11.9 Å². The molecule has 1 aromatic heterocycles. The van der Waals surface area contributed by atoms with Crippen LogP contribution in [0.1, 0.15) is 55.4 Å². The second-order valence-electron chi connectivity index (χ2n) is 7.87. The third kappa shape index (κ3) is 4.00. The molecule has 1 aliphatic rings. The van der Waals surface area contributed by atoms with Gasteiger partial charge in [-0.15, -0.1) is 0 Å². The van der Waals surface area contributed by atoms with E-state index >= 15 is 0 Å². The van der Waals surface area contributed by atoms with Gasteiger partial charge in [-0.05, 0) is 44.0 Å². The Balaban J connectivity index is 1.82. The zero-order chi connectivity index (χ0) is 19.8. The molecule has 0 saturated carbocycles. The Labute approximate surface area is 163 Å². The molecular formula is C20H24ClN3O3. The summed E-state index contributed by atoms with van der Waals surface area (Å²) in [6.07, 6.45) is 1.40. The van der Waals surface area contributed by atoms with Gasteiger partial charge in [0.05, 0.1) is 0 Å². The smallest absolute Gasteiger partial charge is 0.260 e. The van der Waals surface area contributed by atoms with Gasteiger partial charge in [-0.2, -0.15) is 0 Å². The monoisotopic (exact) mass is 389 g/mol. The van der Waals surface area contributed by atoms with E-state index in [0.29, 0.717) is 40.7 Å². The molecule has 0 bridgehead atoms. The molecule has 1 fully saturated rings. The predicted octanol–water partition coefficient (Wildman–Crippen LogP) is 4.18. The van der Waals surface area contributed by atoms with E-state index in [9.17, 15) is 9.59 Å². The molecule has 1 atom stereocenters. The average Bonchev–Trinajstić information content (AvgIpc) is 3.22. The number of hydrogen-bond acceptors (Lipinski definition) is 4. The van der Waals surface area contributed by atoms with Gasteiger partial charge in [-0.1, -0.05) is 37.5 Å². The molecule has 2 amide bonds. The zero-order valence-corrected chi connectivity index (χ0v) is 16.8. The lowest BCUT2D eigenvalue weighted by Crippen LogP contribution is -2.43. The summed E-state index contributed by atoms with van der Waals surface area (Å²) in [5.41, 5.74) is 1.41. The van der Waals surface area contributed by atoms with E-state index < -0.39 is 6.04 Å². The first-order chi connectivity index (χ1) is 12.7. The van der Waals surface area contributed by atoms with Crippen molar-refractivity contribution >= 4 is 29.1 Å². The van der Waals surface area contributed by atoms with Gasteiger partial charge in [-0.3, -0.25) is 9.59 Å². The minimum absolute atomic E-state index is 0.199. The Hall–Kier alpha value is -2.34. The fourth-order valence-electron chi connectivity index (χ4n) is 3.32. The highest BCUT2D eigenvalue weighted by atomic mass is 35.5. The largest absolute Gasteiger partial charge is 0.361 e. The summed E-state index contributed by atoms with van der Waals surface area (Å²) in [5.74, 6) is 0.0794. The number of likely N-dealkylation sites (tertiary alicyclic amines) is 1. The summed E-state index contributed by atoms with van der Waals surface area (Å²) in [6.45, 7) is 8.21. The minimum atomic E-state index is -0.518. The lowest BCUT2D eigenvalue weighted by molar-refractivity contribution is -0.119. The first-order valence-corrected chi connectivity index (χ1v) is 9.40. The minimum Gasteiger partial charge on any atom is -0.361 e. The van der Waals surface area contributed by atoms with Crippen LogP contribution in [0.4, 0.5) is 5.69 Å². The van der Waals surface area contributed by atoms with Crippen LogP contribution in [0.3, 0.4) is 0 Å².